The van der Waals surface area contributed by atoms with Gasteiger partial charge in [-0.1, -0.05) is 32.0 Å². The number of benzene rings is 1. The molecule has 0 amide bonds. The Balaban J connectivity index is 0.00000576. The van der Waals surface area contributed by atoms with Crippen LogP contribution >= 0.6 is 24.0 Å². The molecule has 0 bridgehead atoms. The average molecular weight is 462 g/mol. The summed E-state index contributed by atoms with van der Waals surface area (Å²) < 4.78 is 5.67. The highest BCUT2D eigenvalue weighted by Crippen LogP contribution is 2.07. The molecular formula is C19H35IN4O. The molecular weight excluding hydrogens is 427 g/mol. The quantitative estimate of drug-likeness (QED) is 0.217. The fourth-order valence-corrected chi connectivity index (χ4v) is 2.41. The first-order valence-corrected chi connectivity index (χ1v) is 9.14. The number of aliphatic imine (C=N–C) groups is 1. The van der Waals surface area contributed by atoms with Crippen molar-refractivity contribution in [3.05, 3.63) is 30.3 Å². The average Bonchev–Trinajstić information content (AvgIpc) is 2.63. The summed E-state index contributed by atoms with van der Waals surface area (Å²) >= 11 is 0. The zero-order valence-corrected chi connectivity index (χ0v) is 18.3. The van der Waals surface area contributed by atoms with Crippen molar-refractivity contribution >= 4 is 29.9 Å². The van der Waals surface area contributed by atoms with Gasteiger partial charge in [-0.25, -0.2) is 0 Å². The summed E-state index contributed by atoms with van der Waals surface area (Å²) in [6, 6.07) is 9.92. The van der Waals surface area contributed by atoms with Crippen LogP contribution in [0.25, 0.3) is 0 Å². The number of hydrogen-bond acceptors (Lipinski definition) is 3. The standard InChI is InChI=1S/C19H34N4O.HI/c1-4-23(5-2)16-10-9-14-21-19(20-3)22-15-11-17-24-18-12-7-6-8-13-18;/h6-8,12-13H,4-5,9-11,14-17H2,1-3H3,(H2,20,21,22);1H. The van der Waals surface area contributed by atoms with Crippen LogP contribution in [-0.2, 0) is 0 Å². The maximum atomic E-state index is 5.67. The second kappa shape index (κ2) is 16.4. The van der Waals surface area contributed by atoms with Gasteiger partial charge in [0.05, 0.1) is 6.61 Å². The maximum Gasteiger partial charge on any atom is 0.190 e. The van der Waals surface area contributed by atoms with E-state index in [-0.39, 0.29) is 24.0 Å². The molecule has 0 spiro atoms. The molecule has 6 heteroatoms. The SMILES string of the molecule is CCN(CC)CCCCNC(=NC)NCCCOc1ccccc1.I. The Labute approximate surface area is 170 Å². The van der Waals surface area contributed by atoms with Crippen molar-refractivity contribution in [2.75, 3.05) is 46.4 Å². The molecule has 1 aromatic rings. The molecule has 0 aromatic heterocycles. The number of halogens is 1. The van der Waals surface area contributed by atoms with E-state index < -0.39 is 0 Å². The molecule has 0 aliphatic rings. The molecule has 0 aliphatic carbocycles. The van der Waals surface area contributed by atoms with Crippen LogP contribution in [-0.4, -0.2) is 57.2 Å². The highest BCUT2D eigenvalue weighted by atomic mass is 127. The van der Waals surface area contributed by atoms with Gasteiger partial charge >= 0.3 is 0 Å². The van der Waals surface area contributed by atoms with E-state index in [0.29, 0.717) is 6.61 Å². The highest BCUT2D eigenvalue weighted by molar-refractivity contribution is 14.0. The molecule has 25 heavy (non-hydrogen) atoms. The lowest BCUT2D eigenvalue weighted by molar-refractivity contribution is 0.297. The monoisotopic (exact) mass is 462 g/mol. The van der Waals surface area contributed by atoms with Crippen LogP contribution in [0.4, 0.5) is 0 Å². The maximum absolute atomic E-state index is 5.67. The summed E-state index contributed by atoms with van der Waals surface area (Å²) in [6.45, 7) is 10.4. The second-order valence-corrected chi connectivity index (χ2v) is 5.67. The Bertz CT molecular complexity index is 438. The summed E-state index contributed by atoms with van der Waals surface area (Å²) in [5.74, 6) is 1.80. The summed E-state index contributed by atoms with van der Waals surface area (Å²) in [5, 5.41) is 6.69. The molecule has 0 fully saturated rings. The fraction of sp³-hybridized carbons (Fsp3) is 0.632. The summed E-state index contributed by atoms with van der Waals surface area (Å²) in [6.07, 6.45) is 3.32. The lowest BCUT2D eigenvalue weighted by Gasteiger charge is -2.18. The third-order valence-electron chi connectivity index (χ3n) is 3.94. The Kier molecular flexibility index (Phi) is 15.8. The highest BCUT2D eigenvalue weighted by Gasteiger charge is 2.00. The first-order valence-electron chi connectivity index (χ1n) is 9.14. The topological polar surface area (TPSA) is 48.9 Å². The van der Waals surface area contributed by atoms with Crippen LogP contribution < -0.4 is 15.4 Å². The number of para-hydroxylation sites is 1. The molecule has 1 rings (SSSR count). The third kappa shape index (κ3) is 12.0. The Morgan fingerprint density at radius 2 is 1.64 bits per heavy atom. The normalized spacial score (nSPS) is 11.1. The molecule has 5 nitrogen and oxygen atoms in total. The van der Waals surface area contributed by atoms with E-state index in [1.54, 1.807) is 0 Å². The van der Waals surface area contributed by atoms with E-state index in [1.165, 1.54) is 13.0 Å². The van der Waals surface area contributed by atoms with Gasteiger partial charge in [0, 0.05) is 20.1 Å². The van der Waals surface area contributed by atoms with Gasteiger partial charge in [-0.15, -0.1) is 24.0 Å². The third-order valence-corrected chi connectivity index (χ3v) is 3.94. The zero-order valence-electron chi connectivity index (χ0n) is 16.0. The van der Waals surface area contributed by atoms with Crippen molar-refractivity contribution in [3.8, 4) is 5.75 Å². The Hall–Kier alpha value is -1.02. The van der Waals surface area contributed by atoms with Crippen molar-refractivity contribution in [1.29, 1.82) is 0 Å². The van der Waals surface area contributed by atoms with E-state index in [4.69, 9.17) is 4.74 Å². The predicted molar refractivity (Wildman–Crippen MR) is 118 cm³/mol. The molecule has 0 radical (unpaired) electrons. The van der Waals surface area contributed by atoms with Crippen LogP contribution in [0.3, 0.4) is 0 Å². The molecule has 0 saturated carbocycles. The minimum Gasteiger partial charge on any atom is -0.494 e. The van der Waals surface area contributed by atoms with E-state index in [0.717, 1.165) is 50.7 Å². The van der Waals surface area contributed by atoms with Crippen LogP contribution in [0.5, 0.6) is 5.75 Å². The molecule has 144 valence electrons. The molecule has 2 N–H and O–H groups in total. The lowest BCUT2D eigenvalue weighted by atomic mass is 10.3. The Morgan fingerprint density at radius 1 is 1.00 bits per heavy atom. The van der Waals surface area contributed by atoms with E-state index in [1.807, 2.05) is 37.4 Å². The van der Waals surface area contributed by atoms with Crippen LogP contribution in [0.2, 0.25) is 0 Å². The van der Waals surface area contributed by atoms with Crippen molar-refractivity contribution in [1.82, 2.24) is 15.5 Å². The lowest BCUT2D eigenvalue weighted by Crippen LogP contribution is -2.38. The van der Waals surface area contributed by atoms with E-state index >= 15 is 0 Å². The van der Waals surface area contributed by atoms with E-state index in [9.17, 15) is 0 Å². The van der Waals surface area contributed by atoms with Crippen molar-refractivity contribution in [2.45, 2.75) is 33.1 Å². The van der Waals surface area contributed by atoms with Gasteiger partial charge in [-0.3, -0.25) is 4.99 Å². The van der Waals surface area contributed by atoms with Gasteiger partial charge in [0.25, 0.3) is 0 Å². The minimum absolute atomic E-state index is 0. The molecule has 1 aromatic carbocycles. The minimum atomic E-state index is 0. The summed E-state index contributed by atoms with van der Waals surface area (Å²) in [5.41, 5.74) is 0. The summed E-state index contributed by atoms with van der Waals surface area (Å²) in [4.78, 5) is 6.71. The number of unbranched alkanes of at least 4 members (excludes halogenated alkanes) is 1. The Morgan fingerprint density at radius 3 is 2.24 bits per heavy atom. The molecule has 0 unspecified atom stereocenters. The number of nitrogens with one attached hydrogen (secondary N) is 2. The molecule has 0 aliphatic heterocycles. The first kappa shape index (κ1) is 24.0. The fourth-order valence-electron chi connectivity index (χ4n) is 2.41. The van der Waals surface area contributed by atoms with Gasteiger partial charge in [0.1, 0.15) is 5.75 Å². The van der Waals surface area contributed by atoms with Crippen LogP contribution in [0.1, 0.15) is 33.1 Å². The number of hydrogen-bond donors (Lipinski definition) is 2. The van der Waals surface area contributed by atoms with Crippen LogP contribution in [0, 0.1) is 0 Å². The van der Waals surface area contributed by atoms with Gasteiger partial charge < -0.3 is 20.3 Å². The molecule has 0 heterocycles. The number of nitrogens with zero attached hydrogens (tertiary/aromatic N) is 2. The number of rotatable bonds is 12. The van der Waals surface area contributed by atoms with Gasteiger partial charge in [-0.2, -0.15) is 0 Å². The van der Waals surface area contributed by atoms with Crippen molar-refractivity contribution in [3.63, 3.8) is 0 Å². The predicted octanol–water partition coefficient (Wildman–Crippen LogP) is 3.36. The van der Waals surface area contributed by atoms with Gasteiger partial charge in [-0.05, 0) is 51.0 Å². The molecule has 0 atom stereocenters. The smallest absolute Gasteiger partial charge is 0.190 e. The zero-order chi connectivity index (χ0) is 17.5. The summed E-state index contributed by atoms with van der Waals surface area (Å²) in [7, 11) is 1.81. The number of guanidine groups is 1. The first-order chi connectivity index (χ1) is 11.8. The van der Waals surface area contributed by atoms with Crippen molar-refractivity contribution < 1.29 is 4.74 Å². The van der Waals surface area contributed by atoms with Gasteiger partial charge in [0.2, 0.25) is 0 Å². The largest absolute Gasteiger partial charge is 0.494 e. The molecule has 0 saturated heterocycles. The van der Waals surface area contributed by atoms with Crippen molar-refractivity contribution in [2.24, 2.45) is 4.99 Å². The van der Waals surface area contributed by atoms with Gasteiger partial charge in [0.15, 0.2) is 5.96 Å². The number of ether oxygens (including phenoxy) is 1. The van der Waals surface area contributed by atoms with Crippen LogP contribution in [0.15, 0.2) is 35.3 Å². The second-order valence-electron chi connectivity index (χ2n) is 5.67. The van der Waals surface area contributed by atoms with E-state index in [2.05, 4.69) is 34.4 Å².